The van der Waals surface area contributed by atoms with E-state index in [1.807, 2.05) is 0 Å². The van der Waals surface area contributed by atoms with E-state index in [2.05, 4.69) is 45.9 Å². The van der Waals surface area contributed by atoms with E-state index in [-0.39, 0.29) is 5.41 Å². The van der Waals surface area contributed by atoms with Gasteiger partial charge in [0.1, 0.15) is 5.75 Å². The van der Waals surface area contributed by atoms with Crippen molar-refractivity contribution in [1.82, 2.24) is 0 Å². The van der Waals surface area contributed by atoms with Crippen molar-refractivity contribution in [2.75, 3.05) is 13.2 Å². The topological polar surface area (TPSA) is 35.2 Å². The van der Waals surface area contributed by atoms with Crippen LogP contribution in [0, 0.1) is 0 Å². The van der Waals surface area contributed by atoms with Crippen molar-refractivity contribution in [3.05, 3.63) is 29.3 Å². The summed E-state index contributed by atoms with van der Waals surface area (Å²) in [5, 5.41) is 0. The van der Waals surface area contributed by atoms with Crippen molar-refractivity contribution in [2.24, 2.45) is 5.73 Å². The van der Waals surface area contributed by atoms with Gasteiger partial charge < -0.3 is 10.5 Å². The maximum absolute atomic E-state index is 5.75. The van der Waals surface area contributed by atoms with E-state index in [4.69, 9.17) is 10.5 Å². The number of hydrogen-bond donors (Lipinski definition) is 1. The van der Waals surface area contributed by atoms with Crippen molar-refractivity contribution in [2.45, 2.75) is 46.0 Å². The highest BCUT2D eigenvalue weighted by Crippen LogP contribution is 2.28. The molecule has 0 aliphatic rings. The van der Waals surface area contributed by atoms with E-state index < -0.39 is 0 Å². The van der Waals surface area contributed by atoms with Crippen molar-refractivity contribution in [3.63, 3.8) is 0 Å². The van der Waals surface area contributed by atoms with Crippen LogP contribution in [0.25, 0.3) is 0 Å². The average Bonchev–Trinajstić information content (AvgIpc) is 2.26. The summed E-state index contributed by atoms with van der Waals surface area (Å²) in [6.45, 7) is 10.2. The lowest BCUT2D eigenvalue weighted by atomic mass is 9.85. The van der Waals surface area contributed by atoms with Crippen molar-refractivity contribution < 1.29 is 4.74 Å². The Morgan fingerprint density at radius 1 is 1.24 bits per heavy atom. The maximum atomic E-state index is 5.75. The molecule has 1 rings (SSSR count). The van der Waals surface area contributed by atoms with Crippen molar-refractivity contribution >= 4 is 0 Å². The van der Waals surface area contributed by atoms with E-state index in [9.17, 15) is 0 Å². The van der Waals surface area contributed by atoms with Gasteiger partial charge in [0.05, 0.1) is 6.61 Å². The van der Waals surface area contributed by atoms with E-state index >= 15 is 0 Å². The molecule has 0 spiro atoms. The van der Waals surface area contributed by atoms with Gasteiger partial charge in [-0.3, -0.25) is 0 Å². The molecule has 2 nitrogen and oxygen atoms in total. The molecule has 2 N–H and O–H groups in total. The third-order valence-electron chi connectivity index (χ3n) is 2.80. The van der Waals surface area contributed by atoms with E-state index in [1.165, 1.54) is 11.1 Å². The van der Waals surface area contributed by atoms with E-state index in [1.54, 1.807) is 0 Å². The van der Waals surface area contributed by atoms with Gasteiger partial charge in [-0.05, 0) is 42.0 Å². The normalized spacial score (nSPS) is 11.6. The van der Waals surface area contributed by atoms with Gasteiger partial charge in [-0.2, -0.15) is 0 Å². The second-order valence-electron chi connectivity index (χ2n) is 5.46. The smallest absolute Gasteiger partial charge is 0.122 e. The first-order chi connectivity index (χ1) is 7.99. The van der Waals surface area contributed by atoms with Crippen LogP contribution in [0.3, 0.4) is 0 Å². The predicted molar refractivity (Wildman–Crippen MR) is 73.7 cm³/mol. The molecule has 0 aliphatic carbocycles. The Morgan fingerprint density at radius 3 is 2.47 bits per heavy atom. The summed E-state index contributed by atoms with van der Waals surface area (Å²) < 4.78 is 5.75. The zero-order valence-electron chi connectivity index (χ0n) is 11.5. The zero-order chi connectivity index (χ0) is 12.9. The molecule has 17 heavy (non-hydrogen) atoms. The molecule has 2 heteroatoms. The minimum Gasteiger partial charge on any atom is -0.493 e. The van der Waals surface area contributed by atoms with Crippen LogP contribution >= 0.6 is 0 Å². The van der Waals surface area contributed by atoms with Gasteiger partial charge in [0.25, 0.3) is 0 Å². The summed E-state index contributed by atoms with van der Waals surface area (Å²) >= 11 is 0. The summed E-state index contributed by atoms with van der Waals surface area (Å²) in [5.41, 5.74) is 8.40. The Hall–Kier alpha value is -1.02. The Labute approximate surface area is 105 Å². The molecule has 96 valence electrons. The molecule has 0 saturated heterocycles. The van der Waals surface area contributed by atoms with Gasteiger partial charge in [0, 0.05) is 0 Å². The average molecular weight is 235 g/mol. The Balaban J connectivity index is 2.99. The lowest BCUT2D eigenvalue weighted by Crippen LogP contribution is -2.13. The lowest BCUT2D eigenvalue weighted by Gasteiger charge is -2.21. The van der Waals surface area contributed by atoms with Gasteiger partial charge in [0.2, 0.25) is 0 Å². The molecule has 0 aliphatic heterocycles. The lowest BCUT2D eigenvalue weighted by molar-refractivity contribution is 0.314. The van der Waals surface area contributed by atoms with Crippen LogP contribution in [-0.2, 0) is 11.8 Å². The van der Waals surface area contributed by atoms with Crippen LogP contribution in [0.15, 0.2) is 18.2 Å². The van der Waals surface area contributed by atoms with Crippen LogP contribution in [-0.4, -0.2) is 13.2 Å². The largest absolute Gasteiger partial charge is 0.493 e. The summed E-state index contributed by atoms with van der Waals surface area (Å²) in [6, 6.07) is 6.48. The molecular formula is C15H25NO. The maximum Gasteiger partial charge on any atom is 0.122 e. The minimum atomic E-state index is 0.173. The summed E-state index contributed by atoms with van der Waals surface area (Å²) in [7, 11) is 0. The third-order valence-corrected chi connectivity index (χ3v) is 2.80. The second-order valence-corrected chi connectivity index (χ2v) is 5.46. The summed E-state index contributed by atoms with van der Waals surface area (Å²) in [5.74, 6) is 0.991. The molecule has 0 heterocycles. The van der Waals surface area contributed by atoms with E-state index in [0.717, 1.165) is 25.2 Å². The fraction of sp³-hybridized carbons (Fsp3) is 0.600. The SMILES string of the molecule is CCCOc1ccc(C(C)(C)C)cc1CCN. The standard InChI is InChI=1S/C15H25NO/c1-5-10-17-14-7-6-13(15(2,3)4)11-12(14)8-9-16/h6-7,11H,5,8-10,16H2,1-4H3. The quantitative estimate of drug-likeness (QED) is 0.850. The molecule has 0 atom stereocenters. The number of ether oxygens (including phenoxy) is 1. The highest BCUT2D eigenvalue weighted by molar-refractivity contribution is 5.40. The van der Waals surface area contributed by atoms with Crippen molar-refractivity contribution in [1.29, 1.82) is 0 Å². The van der Waals surface area contributed by atoms with Gasteiger partial charge >= 0.3 is 0 Å². The molecule has 0 bridgehead atoms. The number of benzene rings is 1. The first kappa shape index (κ1) is 14.0. The van der Waals surface area contributed by atoms with Crippen LogP contribution < -0.4 is 10.5 Å². The number of nitrogens with two attached hydrogens (primary N) is 1. The zero-order valence-corrected chi connectivity index (χ0v) is 11.5. The molecular weight excluding hydrogens is 210 g/mol. The third kappa shape index (κ3) is 4.04. The molecule has 0 unspecified atom stereocenters. The molecule has 0 saturated carbocycles. The summed E-state index contributed by atoms with van der Waals surface area (Å²) in [4.78, 5) is 0. The Morgan fingerprint density at radius 2 is 1.94 bits per heavy atom. The molecule has 1 aromatic carbocycles. The first-order valence-electron chi connectivity index (χ1n) is 6.45. The Bertz CT molecular complexity index is 352. The van der Waals surface area contributed by atoms with Gasteiger partial charge in [-0.1, -0.05) is 39.8 Å². The minimum absolute atomic E-state index is 0.173. The number of hydrogen-bond acceptors (Lipinski definition) is 2. The predicted octanol–water partition coefficient (Wildman–Crippen LogP) is 3.27. The van der Waals surface area contributed by atoms with Gasteiger partial charge in [-0.15, -0.1) is 0 Å². The van der Waals surface area contributed by atoms with E-state index in [0.29, 0.717) is 6.54 Å². The van der Waals surface area contributed by atoms with Crippen LogP contribution in [0.1, 0.15) is 45.2 Å². The molecule has 0 fully saturated rings. The monoisotopic (exact) mass is 235 g/mol. The fourth-order valence-electron chi connectivity index (χ4n) is 1.75. The van der Waals surface area contributed by atoms with Crippen LogP contribution in [0.2, 0.25) is 0 Å². The van der Waals surface area contributed by atoms with Crippen LogP contribution in [0.5, 0.6) is 5.75 Å². The fourth-order valence-corrected chi connectivity index (χ4v) is 1.75. The highest BCUT2D eigenvalue weighted by atomic mass is 16.5. The highest BCUT2D eigenvalue weighted by Gasteiger charge is 2.15. The molecule has 0 radical (unpaired) electrons. The Kier molecular flexibility index (Phi) is 5.01. The first-order valence-corrected chi connectivity index (χ1v) is 6.45. The van der Waals surface area contributed by atoms with Crippen LogP contribution in [0.4, 0.5) is 0 Å². The number of rotatable bonds is 5. The van der Waals surface area contributed by atoms with Gasteiger partial charge in [-0.25, -0.2) is 0 Å². The molecule has 0 amide bonds. The van der Waals surface area contributed by atoms with Gasteiger partial charge in [0.15, 0.2) is 0 Å². The van der Waals surface area contributed by atoms with Crippen molar-refractivity contribution in [3.8, 4) is 5.75 Å². The second kappa shape index (κ2) is 6.06. The molecule has 0 aromatic heterocycles. The molecule has 1 aromatic rings. The summed E-state index contributed by atoms with van der Waals surface area (Å²) in [6.07, 6.45) is 1.91.